The predicted molar refractivity (Wildman–Crippen MR) is 23.9 cm³/mol. The Labute approximate surface area is 42.2 Å². The summed E-state index contributed by atoms with van der Waals surface area (Å²) in [6.07, 6.45) is 0.750. The van der Waals surface area contributed by atoms with Crippen LogP contribution in [0, 0.1) is 11.5 Å². The zero-order chi connectivity index (χ0) is 6.28. The van der Waals surface area contributed by atoms with E-state index in [1.54, 1.807) is 0 Å². The summed E-state index contributed by atoms with van der Waals surface area (Å²) in [5.74, 6) is 0.167. The lowest BCUT2D eigenvalue weighted by atomic mass is 10.6. The van der Waals surface area contributed by atoms with Crippen LogP contribution >= 0.6 is 0 Å². The Balaban J connectivity index is 0. The largest absolute Gasteiger partial charge is 0.443 e. The van der Waals surface area contributed by atoms with E-state index < -0.39 is 0 Å². The van der Waals surface area contributed by atoms with Gasteiger partial charge in [-0.05, 0) is 13.8 Å². The van der Waals surface area contributed by atoms with Gasteiger partial charge < -0.3 is 9.90 Å². The molecule has 0 rings (SSSR count). The normalized spacial score (nSPS) is 4.71. The van der Waals surface area contributed by atoms with E-state index in [9.17, 15) is 4.79 Å². The van der Waals surface area contributed by atoms with Crippen molar-refractivity contribution in [1.29, 1.82) is 5.26 Å². The van der Waals surface area contributed by atoms with E-state index in [1.807, 2.05) is 0 Å². The zero-order valence-electron chi connectivity index (χ0n) is 4.30. The first-order chi connectivity index (χ1) is 3.15. The van der Waals surface area contributed by atoms with Crippen molar-refractivity contribution in [3.05, 3.63) is 0 Å². The van der Waals surface area contributed by atoms with Gasteiger partial charge in [0.15, 0.2) is 0 Å². The van der Waals surface area contributed by atoms with Gasteiger partial charge in [-0.15, -0.1) is 0 Å². The molecule has 0 aliphatic carbocycles. The minimum Gasteiger partial charge on any atom is -0.443 e. The first-order valence-electron chi connectivity index (χ1n) is 1.65. The second-order valence-electron chi connectivity index (χ2n) is 1.01. The molecular weight excluding hydrogens is 94.0 g/mol. The van der Waals surface area contributed by atoms with E-state index >= 15 is 0 Å². The molecule has 7 heavy (non-hydrogen) atoms. The van der Waals surface area contributed by atoms with Gasteiger partial charge in [0.2, 0.25) is 0 Å². The average molecular weight is 101 g/mol. The number of rotatable bonds is 0. The summed E-state index contributed by atoms with van der Waals surface area (Å²) in [5, 5.41) is 13.8. The highest BCUT2D eigenvalue weighted by Gasteiger charge is 1.62. The standard InChI is InChI=1S/C3H6O.CHNO/c1-3(2)4;2-1-3/h1-2H3;3H. The van der Waals surface area contributed by atoms with Gasteiger partial charge in [0.1, 0.15) is 5.78 Å². The first-order valence-corrected chi connectivity index (χ1v) is 1.65. The van der Waals surface area contributed by atoms with Crippen molar-refractivity contribution < 1.29 is 9.90 Å². The summed E-state index contributed by atoms with van der Waals surface area (Å²) in [6.45, 7) is 3.06. The molecule has 0 bridgehead atoms. The van der Waals surface area contributed by atoms with E-state index in [-0.39, 0.29) is 5.78 Å². The number of nitrogens with zero attached hydrogens (tertiary/aromatic N) is 1. The summed E-state index contributed by atoms with van der Waals surface area (Å²) in [4.78, 5) is 9.44. The van der Waals surface area contributed by atoms with Gasteiger partial charge in [0, 0.05) is 0 Å². The lowest BCUT2D eigenvalue weighted by molar-refractivity contribution is -0.114. The molecule has 0 unspecified atom stereocenters. The number of carbonyl (C=O) groups is 1. The highest BCUT2D eigenvalue weighted by Crippen LogP contribution is 1.50. The lowest BCUT2D eigenvalue weighted by Gasteiger charge is -1.56. The van der Waals surface area contributed by atoms with Crippen LogP contribution in [0.15, 0.2) is 0 Å². The summed E-state index contributed by atoms with van der Waals surface area (Å²) in [6, 6.07) is 0. The quantitative estimate of drug-likeness (QED) is 0.450. The molecule has 1 N–H and O–H groups in total. The Morgan fingerprint density at radius 2 is 1.71 bits per heavy atom. The van der Waals surface area contributed by atoms with Crippen molar-refractivity contribution in [2.24, 2.45) is 0 Å². The molecule has 0 aromatic heterocycles. The third kappa shape index (κ3) is 40.2. The van der Waals surface area contributed by atoms with Gasteiger partial charge in [0.05, 0.1) is 0 Å². The Bertz CT molecular complexity index is 78.2. The number of ketones is 1. The second-order valence-corrected chi connectivity index (χ2v) is 1.01. The van der Waals surface area contributed by atoms with E-state index in [0.717, 1.165) is 6.26 Å². The summed E-state index contributed by atoms with van der Waals surface area (Å²) >= 11 is 0. The van der Waals surface area contributed by atoms with Crippen molar-refractivity contribution in [2.45, 2.75) is 13.8 Å². The van der Waals surface area contributed by atoms with E-state index in [2.05, 4.69) is 0 Å². The first kappa shape index (κ1) is 9.35. The van der Waals surface area contributed by atoms with Crippen molar-refractivity contribution in [3.63, 3.8) is 0 Å². The Morgan fingerprint density at radius 1 is 1.71 bits per heavy atom. The molecule has 3 heteroatoms. The number of aliphatic hydroxyl groups excluding tert-OH is 1. The van der Waals surface area contributed by atoms with E-state index in [1.165, 1.54) is 13.8 Å². The molecule has 0 aromatic rings. The fraction of sp³-hybridized carbons (Fsp3) is 0.500. The number of hydrogen-bond acceptors (Lipinski definition) is 3. The van der Waals surface area contributed by atoms with Crippen LogP contribution in [0.4, 0.5) is 0 Å². The number of nitriles is 1. The number of Topliss-reactive ketones (excluding diaryl/α,β-unsaturated/α-hetero) is 1. The van der Waals surface area contributed by atoms with Crippen LogP contribution < -0.4 is 0 Å². The van der Waals surface area contributed by atoms with Gasteiger partial charge in [-0.1, -0.05) is 0 Å². The number of aliphatic hydroxyl groups is 1. The van der Waals surface area contributed by atoms with Crippen LogP contribution in [0.3, 0.4) is 0 Å². The molecule has 3 nitrogen and oxygen atoms in total. The summed E-state index contributed by atoms with van der Waals surface area (Å²) in [5.41, 5.74) is 0. The van der Waals surface area contributed by atoms with Crippen molar-refractivity contribution in [2.75, 3.05) is 0 Å². The molecule has 0 aliphatic heterocycles. The SMILES string of the molecule is CC(C)=O.N#CO. The smallest absolute Gasteiger partial charge is 0.283 e. The maximum absolute atomic E-state index is 9.44. The van der Waals surface area contributed by atoms with Crippen LogP contribution in [-0.4, -0.2) is 10.9 Å². The minimum absolute atomic E-state index is 0.167. The third-order valence-electron chi connectivity index (χ3n) is 0. The molecule has 0 saturated heterocycles. The molecule has 0 heterocycles. The highest BCUT2D eigenvalue weighted by molar-refractivity contribution is 5.72. The Hall–Kier alpha value is -1.04. The third-order valence-corrected chi connectivity index (χ3v) is 0. The van der Waals surface area contributed by atoms with Crippen LogP contribution in [0.1, 0.15) is 13.8 Å². The monoisotopic (exact) mass is 101 g/mol. The van der Waals surface area contributed by atoms with Crippen molar-refractivity contribution in [1.82, 2.24) is 0 Å². The van der Waals surface area contributed by atoms with Gasteiger partial charge >= 0.3 is 0 Å². The zero-order valence-corrected chi connectivity index (χ0v) is 4.30. The van der Waals surface area contributed by atoms with E-state index in [0.29, 0.717) is 0 Å². The van der Waals surface area contributed by atoms with Crippen molar-refractivity contribution in [3.8, 4) is 6.26 Å². The molecule has 0 atom stereocenters. The fourth-order valence-corrected chi connectivity index (χ4v) is 0. The average Bonchev–Trinajstić information content (AvgIpc) is 1.33. The topological polar surface area (TPSA) is 61.1 Å². The summed E-state index contributed by atoms with van der Waals surface area (Å²) < 4.78 is 0. The van der Waals surface area contributed by atoms with Crippen LogP contribution in [0.2, 0.25) is 0 Å². The molecular formula is C4H7NO2. The second kappa shape index (κ2) is 8.88. The Morgan fingerprint density at radius 3 is 1.71 bits per heavy atom. The predicted octanol–water partition coefficient (Wildman–Crippen LogP) is 0.435. The molecule has 0 saturated carbocycles. The maximum Gasteiger partial charge on any atom is 0.283 e. The van der Waals surface area contributed by atoms with Gasteiger partial charge in [-0.25, -0.2) is 0 Å². The summed E-state index contributed by atoms with van der Waals surface area (Å²) in [7, 11) is 0. The van der Waals surface area contributed by atoms with Crippen LogP contribution in [-0.2, 0) is 4.79 Å². The van der Waals surface area contributed by atoms with Gasteiger partial charge in [-0.2, -0.15) is 5.26 Å². The molecule has 0 aliphatic rings. The maximum atomic E-state index is 9.44. The Kier molecular flexibility index (Phi) is 11.9. The highest BCUT2D eigenvalue weighted by atomic mass is 16.2. The fourth-order valence-electron chi connectivity index (χ4n) is 0. The van der Waals surface area contributed by atoms with Crippen LogP contribution in [0.5, 0.6) is 0 Å². The molecule has 0 fully saturated rings. The van der Waals surface area contributed by atoms with Gasteiger partial charge in [-0.3, -0.25) is 0 Å². The molecule has 0 spiro atoms. The number of carbonyl (C=O) groups excluding carboxylic acids is 1. The number of hydrogen-bond donors (Lipinski definition) is 1. The molecule has 0 amide bonds. The lowest BCUT2D eigenvalue weighted by Crippen LogP contribution is -1.69. The molecule has 0 radical (unpaired) electrons. The van der Waals surface area contributed by atoms with Crippen LogP contribution in [0.25, 0.3) is 0 Å². The van der Waals surface area contributed by atoms with E-state index in [4.69, 9.17) is 10.4 Å². The molecule has 40 valence electrons. The minimum atomic E-state index is 0.167. The van der Waals surface area contributed by atoms with Crippen molar-refractivity contribution >= 4 is 5.78 Å². The molecule has 0 aromatic carbocycles. The van der Waals surface area contributed by atoms with Gasteiger partial charge in [0.25, 0.3) is 6.26 Å².